The summed E-state index contributed by atoms with van der Waals surface area (Å²) in [6, 6.07) is 14.9. The summed E-state index contributed by atoms with van der Waals surface area (Å²) in [5.74, 6) is 0.946. The van der Waals surface area contributed by atoms with Crippen LogP contribution in [-0.2, 0) is 6.42 Å². The third-order valence-corrected chi connectivity index (χ3v) is 3.55. The molecule has 0 atom stereocenters. The van der Waals surface area contributed by atoms with Crippen molar-refractivity contribution in [3.05, 3.63) is 48.0 Å². The van der Waals surface area contributed by atoms with Crippen LogP contribution < -0.4 is 10.1 Å². The van der Waals surface area contributed by atoms with Crippen molar-refractivity contribution in [1.29, 1.82) is 0 Å². The second-order valence-corrected chi connectivity index (χ2v) is 4.82. The zero-order chi connectivity index (χ0) is 13.1. The Kier molecular flexibility index (Phi) is 3.41. The van der Waals surface area contributed by atoms with Crippen LogP contribution in [-0.4, -0.2) is 13.2 Å². The zero-order valence-electron chi connectivity index (χ0n) is 11.3. The fourth-order valence-electron chi connectivity index (χ4n) is 2.70. The average molecular weight is 253 g/mol. The molecule has 2 aromatic carbocycles. The Hall–Kier alpha value is -1.96. The highest BCUT2D eigenvalue weighted by atomic mass is 16.5. The number of anilines is 1. The van der Waals surface area contributed by atoms with Gasteiger partial charge < -0.3 is 10.1 Å². The molecule has 2 heteroatoms. The summed E-state index contributed by atoms with van der Waals surface area (Å²) in [6.07, 6.45) is 2.35. The summed E-state index contributed by atoms with van der Waals surface area (Å²) >= 11 is 0. The average Bonchev–Trinajstić information content (AvgIpc) is 2.47. The number of ether oxygens (including phenoxy) is 1. The molecule has 0 saturated carbocycles. The van der Waals surface area contributed by atoms with Crippen LogP contribution in [0.1, 0.15) is 18.9 Å². The van der Waals surface area contributed by atoms with Crippen LogP contribution in [0.2, 0.25) is 0 Å². The lowest BCUT2D eigenvalue weighted by Crippen LogP contribution is -2.12. The zero-order valence-corrected chi connectivity index (χ0v) is 11.3. The van der Waals surface area contributed by atoms with E-state index in [1.807, 2.05) is 13.0 Å². The second kappa shape index (κ2) is 5.35. The van der Waals surface area contributed by atoms with Crippen LogP contribution in [0.3, 0.4) is 0 Å². The largest absolute Gasteiger partial charge is 0.494 e. The fraction of sp³-hybridized carbons (Fsp3) is 0.294. The molecule has 19 heavy (non-hydrogen) atoms. The Balaban J connectivity index is 2.04. The van der Waals surface area contributed by atoms with Gasteiger partial charge >= 0.3 is 0 Å². The smallest absolute Gasteiger partial charge is 0.119 e. The molecule has 0 spiro atoms. The number of fused-ring (bicyclic) bond motifs is 1. The normalized spacial score (nSPS) is 13.5. The predicted molar refractivity (Wildman–Crippen MR) is 79.9 cm³/mol. The number of rotatable bonds is 3. The number of benzene rings is 2. The highest BCUT2D eigenvalue weighted by Gasteiger charge is 2.13. The lowest BCUT2D eigenvalue weighted by atomic mass is 9.93. The standard InChI is InChI=1S/C17H19NO/c1-2-19-14-7-3-6-13(12-14)15-8-4-10-17-16(15)9-5-11-18-17/h3-4,6-8,10,12,18H,2,5,9,11H2,1H3. The van der Waals surface area contributed by atoms with Gasteiger partial charge in [-0.1, -0.05) is 24.3 Å². The van der Waals surface area contributed by atoms with Gasteiger partial charge in [0.1, 0.15) is 5.75 Å². The summed E-state index contributed by atoms with van der Waals surface area (Å²) in [5, 5.41) is 3.48. The first kappa shape index (κ1) is 12.1. The number of hydrogen-bond donors (Lipinski definition) is 1. The van der Waals surface area contributed by atoms with Crippen molar-refractivity contribution in [2.45, 2.75) is 19.8 Å². The van der Waals surface area contributed by atoms with Gasteiger partial charge in [-0.2, -0.15) is 0 Å². The minimum absolute atomic E-state index is 0.706. The SMILES string of the molecule is CCOc1cccc(-c2cccc3c2CCCN3)c1. The maximum atomic E-state index is 5.60. The van der Waals surface area contributed by atoms with Gasteiger partial charge in [0.2, 0.25) is 0 Å². The molecule has 0 aromatic heterocycles. The summed E-state index contributed by atoms with van der Waals surface area (Å²) in [6.45, 7) is 3.80. The Morgan fingerprint density at radius 1 is 1.16 bits per heavy atom. The van der Waals surface area contributed by atoms with Gasteiger partial charge in [0.25, 0.3) is 0 Å². The minimum Gasteiger partial charge on any atom is -0.494 e. The van der Waals surface area contributed by atoms with Crippen LogP contribution in [0, 0.1) is 0 Å². The summed E-state index contributed by atoms with van der Waals surface area (Å²) in [4.78, 5) is 0. The van der Waals surface area contributed by atoms with Crippen LogP contribution in [0.5, 0.6) is 5.75 Å². The van der Waals surface area contributed by atoms with Gasteiger partial charge in [0, 0.05) is 12.2 Å². The Morgan fingerprint density at radius 3 is 2.95 bits per heavy atom. The first-order valence-corrected chi connectivity index (χ1v) is 6.97. The molecule has 0 aliphatic carbocycles. The first-order valence-electron chi connectivity index (χ1n) is 6.97. The summed E-state index contributed by atoms with van der Waals surface area (Å²) in [5.41, 5.74) is 5.28. The molecule has 98 valence electrons. The Bertz CT molecular complexity index is 577. The molecule has 0 amide bonds. The van der Waals surface area contributed by atoms with E-state index in [1.54, 1.807) is 0 Å². The lowest BCUT2D eigenvalue weighted by molar-refractivity contribution is 0.340. The van der Waals surface area contributed by atoms with Gasteiger partial charge in [-0.05, 0) is 54.7 Å². The van der Waals surface area contributed by atoms with Crippen molar-refractivity contribution in [3.8, 4) is 16.9 Å². The Labute approximate surface area is 114 Å². The lowest BCUT2D eigenvalue weighted by Gasteiger charge is -2.21. The van der Waals surface area contributed by atoms with Gasteiger partial charge in [-0.3, -0.25) is 0 Å². The van der Waals surface area contributed by atoms with Crippen LogP contribution in [0.25, 0.3) is 11.1 Å². The highest BCUT2D eigenvalue weighted by Crippen LogP contribution is 2.33. The molecule has 2 nitrogen and oxygen atoms in total. The molecule has 0 saturated heterocycles. The van der Waals surface area contributed by atoms with E-state index in [9.17, 15) is 0 Å². The van der Waals surface area contributed by atoms with E-state index in [2.05, 4.69) is 41.7 Å². The molecule has 1 heterocycles. The molecule has 2 aromatic rings. The summed E-state index contributed by atoms with van der Waals surface area (Å²) in [7, 11) is 0. The van der Waals surface area contributed by atoms with E-state index in [4.69, 9.17) is 4.74 Å². The molecule has 0 unspecified atom stereocenters. The molecule has 0 bridgehead atoms. The molecule has 1 aliphatic heterocycles. The quantitative estimate of drug-likeness (QED) is 0.888. The van der Waals surface area contributed by atoms with E-state index in [0.717, 1.165) is 18.7 Å². The molecule has 1 N–H and O–H groups in total. The van der Waals surface area contributed by atoms with Crippen LogP contribution in [0.15, 0.2) is 42.5 Å². The number of hydrogen-bond acceptors (Lipinski definition) is 2. The topological polar surface area (TPSA) is 21.3 Å². The summed E-state index contributed by atoms with van der Waals surface area (Å²) < 4.78 is 5.60. The van der Waals surface area contributed by atoms with E-state index in [-0.39, 0.29) is 0 Å². The van der Waals surface area contributed by atoms with Crippen molar-refractivity contribution in [3.63, 3.8) is 0 Å². The van der Waals surface area contributed by atoms with Gasteiger partial charge in [-0.25, -0.2) is 0 Å². The highest BCUT2D eigenvalue weighted by molar-refractivity contribution is 5.75. The third-order valence-electron chi connectivity index (χ3n) is 3.55. The van der Waals surface area contributed by atoms with E-state index < -0.39 is 0 Å². The van der Waals surface area contributed by atoms with Crippen molar-refractivity contribution < 1.29 is 4.74 Å². The second-order valence-electron chi connectivity index (χ2n) is 4.82. The van der Waals surface area contributed by atoms with E-state index >= 15 is 0 Å². The molecule has 0 fully saturated rings. The van der Waals surface area contributed by atoms with Gasteiger partial charge in [-0.15, -0.1) is 0 Å². The number of nitrogens with one attached hydrogen (secondary N) is 1. The van der Waals surface area contributed by atoms with Gasteiger partial charge in [0.15, 0.2) is 0 Å². The monoisotopic (exact) mass is 253 g/mol. The fourth-order valence-corrected chi connectivity index (χ4v) is 2.70. The molecule has 3 rings (SSSR count). The van der Waals surface area contributed by atoms with E-state index in [1.165, 1.54) is 28.8 Å². The Morgan fingerprint density at radius 2 is 2.05 bits per heavy atom. The van der Waals surface area contributed by atoms with Crippen LogP contribution in [0.4, 0.5) is 5.69 Å². The molecule has 0 radical (unpaired) electrons. The van der Waals surface area contributed by atoms with Crippen molar-refractivity contribution in [1.82, 2.24) is 0 Å². The van der Waals surface area contributed by atoms with Crippen molar-refractivity contribution in [2.24, 2.45) is 0 Å². The molecule has 1 aliphatic rings. The minimum atomic E-state index is 0.706. The van der Waals surface area contributed by atoms with Crippen molar-refractivity contribution in [2.75, 3.05) is 18.5 Å². The third kappa shape index (κ3) is 2.43. The van der Waals surface area contributed by atoms with Gasteiger partial charge in [0.05, 0.1) is 6.61 Å². The molecular formula is C17H19NO. The first-order chi connectivity index (χ1) is 9.38. The molecular weight excluding hydrogens is 234 g/mol. The van der Waals surface area contributed by atoms with Crippen molar-refractivity contribution >= 4 is 5.69 Å². The van der Waals surface area contributed by atoms with E-state index in [0.29, 0.717) is 6.61 Å². The van der Waals surface area contributed by atoms with Crippen LogP contribution >= 0.6 is 0 Å². The maximum Gasteiger partial charge on any atom is 0.119 e. The predicted octanol–water partition coefficient (Wildman–Crippen LogP) is 4.11. The maximum absolute atomic E-state index is 5.60.